The van der Waals surface area contributed by atoms with E-state index in [-0.39, 0.29) is 0 Å². The van der Waals surface area contributed by atoms with Crippen LogP contribution in [0.2, 0.25) is 5.02 Å². The van der Waals surface area contributed by atoms with Crippen LogP contribution in [0.3, 0.4) is 0 Å². The smallest absolute Gasteiger partial charge is 0.146 e. The molecule has 0 amide bonds. The highest BCUT2D eigenvalue weighted by atomic mass is 35.5. The predicted octanol–water partition coefficient (Wildman–Crippen LogP) is 3.45. The number of halogens is 1. The Morgan fingerprint density at radius 2 is 1.95 bits per heavy atom. The second kappa shape index (κ2) is 6.20. The first-order valence-electron chi connectivity index (χ1n) is 5.73. The maximum Gasteiger partial charge on any atom is 0.146 e. The molecule has 0 radical (unpaired) electrons. The molecule has 0 fully saturated rings. The molecule has 1 heterocycles. The average Bonchev–Trinajstić information content (AvgIpc) is 2.89. The van der Waals surface area contributed by atoms with Gasteiger partial charge in [-0.2, -0.15) is 10.2 Å². The van der Waals surface area contributed by atoms with Gasteiger partial charge in [0.15, 0.2) is 0 Å². The van der Waals surface area contributed by atoms with Gasteiger partial charge in [-0.25, -0.2) is 0 Å². The molecule has 4 nitrogen and oxygen atoms in total. The Balaban J connectivity index is 2.07. The first-order valence-corrected chi connectivity index (χ1v) is 6.11. The van der Waals surface area contributed by atoms with Crippen LogP contribution in [0.25, 0.3) is 0 Å². The minimum atomic E-state index is 0.642. The number of nitrogens with zero attached hydrogens (tertiary/aromatic N) is 3. The van der Waals surface area contributed by atoms with E-state index in [0.717, 1.165) is 11.3 Å². The van der Waals surface area contributed by atoms with Gasteiger partial charge in [0.2, 0.25) is 0 Å². The molecule has 0 N–H and O–H groups in total. The van der Waals surface area contributed by atoms with Crippen LogP contribution in [0.4, 0.5) is 5.69 Å². The number of benzene rings is 1. The van der Waals surface area contributed by atoms with E-state index in [1.54, 1.807) is 30.8 Å². The van der Waals surface area contributed by atoms with Crippen molar-refractivity contribution in [1.29, 1.82) is 0 Å². The molecule has 0 aliphatic rings. The van der Waals surface area contributed by atoms with Crippen LogP contribution in [-0.4, -0.2) is 26.5 Å². The highest BCUT2D eigenvalue weighted by molar-refractivity contribution is 6.33. The molecule has 0 saturated heterocycles. The maximum atomic E-state index is 6.16. The third kappa shape index (κ3) is 3.69. The van der Waals surface area contributed by atoms with Gasteiger partial charge in [0.05, 0.1) is 23.7 Å². The van der Waals surface area contributed by atoms with Gasteiger partial charge in [0.1, 0.15) is 5.76 Å². The predicted molar refractivity (Wildman–Crippen MR) is 79.7 cm³/mol. The summed E-state index contributed by atoms with van der Waals surface area (Å²) < 4.78 is 5.10. The van der Waals surface area contributed by atoms with Gasteiger partial charge in [0.25, 0.3) is 0 Å². The molecule has 0 bridgehead atoms. The Bertz CT molecular complexity index is 589. The van der Waals surface area contributed by atoms with Crippen LogP contribution in [0.5, 0.6) is 0 Å². The van der Waals surface area contributed by atoms with E-state index in [1.165, 1.54) is 0 Å². The third-order valence-corrected chi connectivity index (χ3v) is 2.82. The fourth-order valence-electron chi connectivity index (χ4n) is 1.45. The van der Waals surface area contributed by atoms with Crippen molar-refractivity contribution in [2.75, 3.05) is 19.0 Å². The third-order valence-electron chi connectivity index (χ3n) is 2.49. The van der Waals surface area contributed by atoms with E-state index >= 15 is 0 Å². The van der Waals surface area contributed by atoms with Gasteiger partial charge < -0.3 is 9.32 Å². The molecule has 0 aliphatic carbocycles. The summed E-state index contributed by atoms with van der Waals surface area (Å²) in [5.74, 6) is 0.659. The summed E-state index contributed by atoms with van der Waals surface area (Å²) in [6.45, 7) is 0. The van der Waals surface area contributed by atoms with Crippen LogP contribution in [-0.2, 0) is 0 Å². The molecule has 1 aromatic heterocycles. The van der Waals surface area contributed by atoms with E-state index < -0.39 is 0 Å². The van der Waals surface area contributed by atoms with Gasteiger partial charge in [-0.15, -0.1) is 0 Å². The lowest BCUT2D eigenvalue weighted by molar-refractivity contribution is 0.560. The molecule has 19 heavy (non-hydrogen) atoms. The lowest BCUT2D eigenvalue weighted by Gasteiger charge is -2.12. The zero-order valence-electron chi connectivity index (χ0n) is 10.7. The Kier molecular flexibility index (Phi) is 4.36. The van der Waals surface area contributed by atoms with Crippen molar-refractivity contribution in [3.63, 3.8) is 0 Å². The molecule has 0 saturated carbocycles. The van der Waals surface area contributed by atoms with E-state index in [9.17, 15) is 0 Å². The van der Waals surface area contributed by atoms with Gasteiger partial charge in [-0.1, -0.05) is 11.6 Å². The van der Waals surface area contributed by atoms with Crippen molar-refractivity contribution in [1.82, 2.24) is 0 Å². The van der Waals surface area contributed by atoms with Crippen LogP contribution < -0.4 is 4.90 Å². The lowest BCUT2D eigenvalue weighted by atomic mass is 10.2. The Morgan fingerprint density at radius 1 is 1.16 bits per heavy atom. The molecule has 0 unspecified atom stereocenters. The fourth-order valence-corrected chi connectivity index (χ4v) is 1.67. The van der Waals surface area contributed by atoms with Crippen LogP contribution in [0.15, 0.2) is 51.2 Å². The summed E-state index contributed by atoms with van der Waals surface area (Å²) in [5, 5.41) is 8.47. The van der Waals surface area contributed by atoms with Crippen molar-refractivity contribution < 1.29 is 4.42 Å². The first kappa shape index (κ1) is 13.4. The van der Waals surface area contributed by atoms with Crippen molar-refractivity contribution in [2.45, 2.75) is 0 Å². The molecule has 0 aliphatic heterocycles. The number of furan rings is 1. The van der Waals surface area contributed by atoms with Gasteiger partial charge >= 0.3 is 0 Å². The van der Waals surface area contributed by atoms with Crippen molar-refractivity contribution >= 4 is 29.7 Å². The summed E-state index contributed by atoms with van der Waals surface area (Å²) >= 11 is 6.16. The van der Waals surface area contributed by atoms with E-state index in [0.29, 0.717) is 10.8 Å². The Morgan fingerprint density at radius 3 is 2.58 bits per heavy atom. The molecule has 5 heteroatoms. The van der Waals surface area contributed by atoms with E-state index in [2.05, 4.69) is 10.2 Å². The van der Waals surface area contributed by atoms with Crippen LogP contribution in [0, 0.1) is 0 Å². The maximum absolute atomic E-state index is 6.16. The lowest BCUT2D eigenvalue weighted by Crippen LogP contribution is -2.08. The summed E-state index contributed by atoms with van der Waals surface area (Å²) in [6.07, 6.45) is 4.74. The number of anilines is 1. The normalized spacial score (nSPS) is 11.5. The Hall–Kier alpha value is -2.07. The van der Waals surface area contributed by atoms with E-state index in [4.69, 9.17) is 16.0 Å². The van der Waals surface area contributed by atoms with Crippen molar-refractivity contribution in [3.05, 3.63) is 52.9 Å². The number of rotatable bonds is 4. The summed E-state index contributed by atoms with van der Waals surface area (Å²) in [7, 11) is 3.93. The minimum Gasteiger partial charge on any atom is -0.463 e. The van der Waals surface area contributed by atoms with Gasteiger partial charge in [-0.05, 0) is 30.3 Å². The molecule has 0 atom stereocenters. The molecule has 2 aromatic rings. The highest BCUT2D eigenvalue weighted by Crippen LogP contribution is 2.21. The highest BCUT2D eigenvalue weighted by Gasteiger charge is 2.00. The largest absolute Gasteiger partial charge is 0.463 e. The molecular weight excluding hydrogens is 262 g/mol. The quantitative estimate of drug-likeness (QED) is 0.633. The van der Waals surface area contributed by atoms with Crippen LogP contribution >= 0.6 is 11.6 Å². The summed E-state index contributed by atoms with van der Waals surface area (Å²) in [5.41, 5.74) is 1.87. The van der Waals surface area contributed by atoms with E-state index in [1.807, 2.05) is 37.2 Å². The van der Waals surface area contributed by atoms with Gasteiger partial charge in [-0.3, -0.25) is 0 Å². The van der Waals surface area contributed by atoms with Crippen LogP contribution in [0.1, 0.15) is 11.3 Å². The second-order valence-electron chi connectivity index (χ2n) is 4.10. The number of hydrogen-bond acceptors (Lipinski definition) is 4. The van der Waals surface area contributed by atoms with Crippen molar-refractivity contribution in [3.8, 4) is 0 Å². The molecule has 2 rings (SSSR count). The summed E-state index contributed by atoms with van der Waals surface area (Å²) in [6, 6.07) is 9.37. The average molecular weight is 276 g/mol. The van der Waals surface area contributed by atoms with Gasteiger partial charge in [0, 0.05) is 25.3 Å². The SMILES string of the molecule is CN(C)c1ccc(C=NN=Cc2ccco2)c(Cl)c1. The molecule has 1 aromatic carbocycles. The topological polar surface area (TPSA) is 41.1 Å². The Labute approximate surface area is 117 Å². The molecular formula is C14H14ClN3O. The first-order chi connectivity index (χ1) is 9.16. The second-order valence-corrected chi connectivity index (χ2v) is 4.51. The fraction of sp³-hybridized carbons (Fsp3) is 0.143. The summed E-state index contributed by atoms with van der Waals surface area (Å²) in [4.78, 5) is 1.99. The zero-order valence-corrected chi connectivity index (χ0v) is 11.5. The monoisotopic (exact) mass is 275 g/mol. The minimum absolute atomic E-state index is 0.642. The number of hydrogen-bond donors (Lipinski definition) is 0. The molecule has 98 valence electrons. The molecule has 0 spiro atoms. The standard InChI is InChI=1S/C14H14ClN3O/c1-18(2)12-6-5-11(14(15)8-12)9-16-17-10-13-4-3-7-19-13/h3-10H,1-2H3. The zero-order chi connectivity index (χ0) is 13.7. The van der Waals surface area contributed by atoms with Crippen molar-refractivity contribution in [2.24, 2.45) is 10.2 Å².